The first-order chi connectivity index (χ1) is 27.1. The Kier molecular flexibility index (Phi) is 5.53. The van der Waals surface area contributed by atoms with Gasteiger partial charge in [-0.25, -0.2) is 0 Å². The lowest BCUT2D eigenvalue weighted by atomic mass is 9.81. The van der Waals surface area contributed by atoms with Gasteiger partial charge < -0.3 is 0 Å². The van der Waals surface area contributed by atoms with Gasteiger partial charge in [-0.15, -0.1) is 0 Å². The lowest BCUT2D eigenvalue weighted by molar-refractivity contribution is 1.47. The topological polar surface area (TPSA) is 0 Å². The fourth-order valence-corrected chi connectivity index (χ4v) is 11.2. The molecule has 0 N–H and O–H groups in total. The molecule has 0 fully saturated rings. The van der Waals surface area contributed by atoms with E-state index in [0.717, 1.165) is 0 Å². The third-order valence-corrected chi connectivity index (χ3v) is 13.4. The Bertz CT molecular complexity index is 3430. The molecule has 0 amide bonds. The van der Waals surface area contributed by atoms with Crippen molar-refractivity contribution in [3.8, 4) is 66.8 Å². The minimum absolute atomic E-state index is 1.26. The lowest BCUT2D eigenvalue weighted by Gasteiger charge is -2.21. The normalized spacial score (nSPS) is 12.6. The molecule has 2 aliphatic rings. The number of hydrogen-bond donors (Lipinski definition) is 0. The molecular weight excluding hydrogens is 661 g/mol. The van der Waals surface area contributed by atoms with Crippen LogP contribution < -0.4 is 0 Å². The fourth-order valence-electron chi connectivity index (χ4n) is 11.2. The van der Waals surface area contributed by atoms with Crippen molar-refractivity contribution in [2.75, 3.05) is 0 Å². The molecule has 0 heterocycles. The Balaban J connectivity index is 1.20. The summed E-state index contributed by atoms with van der Waals surface area (Å²) in [6.07, 6.45) is 0. The van der Waals surface area contributed by atoms with Crippen LogP contribution in [0.25, 0.3) is 131 Å². The van der Waals surface area contributed by atoms with Crippen molar-refractivity contribution in [3.63, 3.8) is 0 Å². The molecule has 0 aliphatic heterocycles. The van der Waals surface area contributed by atoms with Crippen LogP contribution >= 0.6 is 0 Å². The number of fused-ring (bicyclic) bond motifs is 10. The Morgan fingerprint density at radius 3 is 1.13 bits per heavy atom. The van der Waals surface area contributed by atoms with Crippen LogP contribution in [0.1, 0.15) is 16.7 Å². The lowest BCUT2D eigenvalue weighted by Crippen LogP contribution is -1.95. The summed E-state index contributed by atoms with van der Waals surface area (Å²) >= 11 is 0. The highest BCUT2D eigenvalue weighted by atomic mass is 14.4. The number of rotatable bonds is 2. The van der Waals surface area contributed by atoms with E-state index >= 15 is 0 Å². The van der Waals surface area contributed by atoms with Gasteiger partial charge >= 0.3 is 0 Å². The Hall–Kier alpha value is -6.76. The molecule has 13 rings (SSSR count). The van der Waals surface area contributed by atoms with Gasteiger partial charge in [-0.3, -0.25) is 0 Å². The largest absolute Gasteiger partial charge is 0.0622 e. The molecular formula is C55H34. The van der Waals surface area contributed by atoms with E-state index in [4.69, 9.17) is 0 Å². The van der Waals surface area contributed by atoms with Gasteiger partial charge in [0.2, 0.25) is 0 Å². The van der Waals surface area contributed by atoms with Gasteiger partial charge in [0.05, 0.1) is 0 Å². The molecule has 55 heavy (non-hydrogen) atoms. The highest BCUT2D eigenvalue weighted by molar-refractivity contribution is 6.41. The van der Waals surface area contributed by atoms with Crippen molar-refractivity contribution >= 4 is 64.6 Å². The van der Waals surface area contributed by atoms with Crippen LogP contribution in [0.2, 0.25) is 0 Å². The predicted octanol–water partition coefficient (Wildman–Crippen LogP) is 15.6. The Morgan fingerprint density at radius 2 is 0.636 bits per heavy atom. The molecule has 11 aromatic rings. The summed E-state index contributed by atoms with van der Waals surface area (Å²) in [5.74, 6) is 0. The Labute approximate surface area is 319 Å². The van der Waals surface area contributed by atoms with Crippen LogP contribution in [0, 0.1) is 20.8 Å². The first-order valence-electron chi connectivity index (χ1n) is 19.5. The van der Waals surface area contributed by atoms with Gasteiger partial charge in [-0.1, -0.05) is 152 Å². The van der Waals surface area contributed by atoms with E-state index < -0.39 is 0 Å². The van der Waals surface area contributed by atoms with Crippen LogP contribution in [0.3, 0.4) is 0 Å². The molecule has 0 aromatic heterocycles. The van der Waals surface area contributed by atoms with Gasteiger partial charge in [0.25, 0.3) is 0 Å². The Morgan fingerprint density at radius 1 is 0.236 bits per heavy atom. The van der Waals surface area contributed by atoms with Crippen molar-refractivity contribution in [1.29, 1.82) is 0 Å². The monoisotopic (exact) mass is 694 g/mol. The quantitative estimate of drug-likeness (QED) is 0.125. The summed E-state index contributed by atoms with van der Waals surface area (Å²) in [4.78, 5) is 0. The highest BCUT2D eigenvalue weighted by Crippen LogP contribution is 2.61. The van der Waals surface area contributed by atoms with Crippen LogP contribution in [0.15, 0.2) is 152 Å². The average molecular weight is 695 g/mol. The second kappa shape index (κ2) is 10.3. The molecule has 11 aromatic carbocycles. The summed E-state index contributed by atoms with van der Waals surface area (Å²) in [6.45, 7) is 6.93. The third kappa shape index (κ3) is 3.50. The van der Waals surface area contributed by atoms with E-state index in [9.17, 15) is 0 Å². The fraction of sp³-hybridized carbons (Fsp3) is 0.0545. The number of hydrogen-bond acceptors (Lipinski definition) is 0. The summed E-state index contributed by atoms with van der Waals surface area (Å²) in [5.41, 5.74) is 20.2. The summed E-state index contributed by atoms with van der Waals surface area (Å²) < 4.78 is 0. The maximum Gasteiger partial charge on any atom is -0.000730 e. The molecule has 0 atom stereocenters. The van der Waals surface area contributed by atoms with Crippen molar-refractivity contribution in [3.05, 3.63) is 168 Å². The SMILES string of the molecule is Cc1c2c(c(C)c3ccccc13)-c1ccc3c4ccc5c6c(ccc(c7ccc-2c1c73)c64)-c1c-5c(-c2ccccc2)c2c(C)cccc2c1-c1ccccc1. The summed E-state index contributed by atoms with van der Waals surface area (Å²) in [6, 6.07) is 57.5. The molecule has 0 bridgehead atoms. The highest BCUT2D eigenvalue weighted by Gasteiger charge is 2.34. The maximum atomic E-state index is 2.45. The van der Waals surface area contributed by atoms with E-state index in [1.165, 1.54) is 148 Å². The van der Waals surface area contributed by atoms with Crippen LogP contribution in [0.5, 0.6) is 0 Å². The number of aryl methyl sites for hydroxylation is 3. The van der Waals surface area contributed by atoms with Gasteiger partial charge in [0.1, 0.15) is 0 Å². The van der Waals surface area contributed by atoms with E-state index in [1.807, 2.05) is 0 Å². The summed E-state index contributed by atoms with van der Waals surface area (Å²) in [5, 5.41) is 16.3. The van der Waals surface area contributed by atoms with Gasteiger partial charge in [0.15, 0.2) is 0 Å². The van der Waals surface area contributed by atoms with Crippen LogP contribution in [-0.4, -0.2) is 0 Å². The zero-order valence-electron chi connectivity index (χ0n) is 30.9. The minimum Gasteiger partial charge on any atom is -0.0622 e. The van der Waals surface area contributed by atoms with Crippen LogP contribution in [0.4, 0.5) is 0 Å². The van der Waals surface area contributed by atoms with E-state index in [0.29, 0.717) is 0 Å². The molecule has 0 saturated heterocycles. The van der Waals surface area contributed by atoms with Gasteiger partial charge in [0, 0.05) is 0 Å². The zero-order valence-corrected chi connectivity index (χ0v) is 30.9. The van der Waals surface area contributed by atoms with Gasteiger partial charge in [-0.2, -0.15) is 0 Å². The molecule has 0 radical (unpaired) electrons. The second-order valence-electron chi connectivity index (χ2n) is 15.9. The molecule has 2 aliphatic carbocycles. The molecule has 0 spiro atoms. The average Bonchev–Trinajstić information content (AvgIpc) is 3.76. The first kappa shape index (κ1) is 29.7. The maximum absolute atomic E-state index is 2.45. The van der Waals surface area contributed by atoms with Gasteiger partial charge in [-0.05, 0) is 169 Å². The van der Waals surface area contributed by atoms with E-state index in [2.05, 4.69) is 172 Å². The van der Waals surface area contributed by atoms with Crippen molar-refractivity contribution in [2.24, 2.45) is 0 Å². The van der Waals surface area contributed by atoms with Crippen molar-refractivity contribution in [1.82, 2.24) is 0 Å². The van der Waals surface area contributed by atoms with Crippen molar-refractivity contribution in [2.45, 2.75) is 20.8 Å². The summed E-state index contributed by atoms with van der Waals surface area (Å²) in [7, 11) is 0. The zero-order chi connectivity index (χ0) is 36.3. The smallest absolute Gasteiger partial charge is 0.000730 e. The molecule has 0 unspecified atom stereocenters. The van der Waals surface area contributed by atoms with E-state index in [-0.39, 0.29) is 0 Å². The molecule has 0 heteroatoms. The molecule has 0 nitrogen and oxygen atoms in total. The second-order valence-corrected chi connectivity index (χ2v) is 15.9. The number of benzene rings is 11. The van der Waals surface area contributed by atoms with Crippen molar-refractivity contribution < 1.29 is 0 Å². The molecule has 0 saturated carbocycles. The predicted molar refractivity (Wildman–Crippen MR) is 237 cm³/mol. The standard InChI is InChI=1S/C55H34/c1-29-13-12-20-40-45(29)49(33-16-8-5-9-17-33)55-44-28-24-39-37-22-26-42-47-31(3)35-19-11-10-18-34(35)30(2)46(47)41-25-21-36(50(37)52(41)42)38-23-27-43(53(44)51(38)39)54(55)48(40)32-14-6-4-7-15-32/h4-28H,1-3H3. The molecule has 254 valence electrons. The third-order valence-electron chi connectivity index (χ3n) is 13.4. The first-order valence-corrected chi connectivity index (χ1v) is 19.5. The van der Waals surface area contributed by atoms with Crippen LogP contribution in [-0.2, 0) is 0 Å². The van der Waals surface area contributed by atoms with E-state index in [1.54, 1.807) is 0 Å². The minimum atomic E-state index is 1.26.